The average molecular weight is 242 g/mol. The number of nitrogens with zero attached hydrogens (tertiary/aromatic N) is 1. The summed E-state index contributed by atoms with van der Waals surface area (Å²) >= 11 is 5.51. The minimum Gasteiger partial charge on any atom is -0.306 e. The first-order valence-electron chi connectivity index (χ1n) is 4.48. The number of rotatable bonds is 2. The fourth-order valence-electron chi connectivity index (χ4n) is 1.40. The van der Waals surface area contributed by atoms with E-state index in [9.17, 15) is 9.59 Å². The highest BCUT2D eigenvalue weighted by molar-refractivity contribution is 7.80. The molecule has 1 unspecified atom stereocenters. The van der Waals surface area contributed by atoms with Crippen LogP contribution in [0.1, 0.15) is 6.92 Å². The summed E-state index contributed by atoms with van der Waals surface area (Å²) in [6.45, 7) is 2.17. The van der Waals surface area contributed by atoms with Gasteiger partial charge in [-0.15, -0.1) is 11.3 Å². The molecule has 0 aliphatic heterocycles. The van der Waals surface area contributed by atoms with Gasteiger partial charge in [-0.25, -0.2) is 4.79 Å². The molecule has 4 nitrogen and oxygen atoms in total. The predicted molar refractivity (Wildman–Crippen MR) is 65.2 cm³/mol. The number of hydrogen-bond acceptors (Lipinski definition) is 4. The van der Waals surface area contributed by atoms with Crippen LogP contribution in [0, 0.1) is 0 Å². The van der Waals surface area contributed by atoms with Crippen molar-refractivity contribution in [3.8, 4) is 0 Å². The van der Waals surface area contributed by atoms with Crippen LogP contribution in [0.2, 0.25) is 0 Å². The monoisotopic (exact) mass is 242 g/mol. The number of hydrogen-bond donors (Lipinski definition) is 2. The Morgan fingerprint density at radius 2 is 2.33 bits per heavy atom. The average Bonchev–Trinajstić information content (AvgIpc) is 2.59. The molecule has 1 atom stereocenters. The molecule has 0 bridgehead atoms. The molecule has 80 valence electrons. The number of nitrogens with one attached hydrogen (secondary N) is 1. The zero-order valence-corrected chi connectivity index (χ0v) is 9.77. The van der Waals surface area contributed by atoms with E-state index in [0.29, 0.717) is 16.8 Å². The molecular formula is C9H10N2O2S2. The Morgan fingerprint density at radius 3 is 3.00 bits per heavy atom. The number of thiophene rings is 1. The molecule has 2 heterocycles. The molecule has 15 heavy (non-hydrogen) atoms. The lowest BCUT2D eigenvalue weighted by Crippen LogP contribution is -2.36. The van der Waals surface area contributed by atoms with Crippen molar-refractivity contribution in [3.05, 3.63) is 32.3 Å². The van der Waals surface area contributed by atoms with Gasteiger partial charge in [0.25, 0.3) is 5.56 Å². The van der Waals surface area contributed by atoms with Crippen LogP contribution in [0.25, 0.3) is 10.2 Å². The zero-order valence-electron chi connectivity index (χ0n) is 8.06. The Bertz CT molecular complexity index is 594. The number of aromatic nitrogens is 2. The van der Waals surface area contributed by atoms with Crippen LogP contribution in [0.4, 0.5) is 0 Å². The van der Waals surface area contributed by atoms with Crippen LogP contribution in [0.5, 0.6) is 0 Å². The lowest BCUT2D eigenvalue weighted by Gasteiger charge is -2.06. The van der Waals surface area contributed by atoms with E-state index in [1.54, 1.807) is 11.4 Å². The second-order valence-corrected chi connectivity index (χ2v) is 5.16. The molecule has 0 saturated heterocycles. The summed E-state index contributed by atoms with van der Waals surface area (Å²) in [4.78, 5) is 26.1. The van der Waals surface area contributed by atoms with Gasteiger partial charge in [-0.05, 0) is 11.4 Å². The van der Waals surface area contributed by atoms with Crippen LogP contribution in [0.15, 0.2) is 21.0 Å². The molecule has 0 aliphatic carbocycles. The van der Waals surface area contributed by atoms with Gasteiger partial charge < -0.3 is 4.98 Å². The normalized spacial score (nSPS) is 13.2. The number of aromatic amines is 1. The molecule has 0 aliphatic rings. The number of fused-ring (bicyclic) bond motifs is 1. The van der Waals surface area contributed by atoms with Gasteiger partial charge in [0.15, 0.2) is 0 Å². The maximum atomic E-state index is 11.9. The fourth-order valence-corrected chi connectivity index (χ4v) is 2.36. The maximum absolute atomic E-state index is 11.9. The molecule has 0 aromatic carbocycles. The summed E-state index contributed by atoms with van der Waals surface area (Å²) in [5, 5.41) is 1.76. The molecule has 0 amide bonds. The van der Waals surface area contributed by atoms with Gasteiger partial charge in [0, 0.05) is 11.8 Å². The van der Waals surface area contributed by atoms with E-state index < -0.39 is 0 Å². The lowest BCUT2D eigenvalue weighted by molar-refractivity contribution is 0.636. The van der Waals surface area contributed by atoms with Crippen molar-refractivity contribution in [2.75, 3.05) is 0 Å². The smallest absolute Gasteiger partial charge is 0.306 e. The molecule has 0 spiro atoms. The first kappa shape index (κ1) is 10.5. The molecule has 0 radical (unpaired) electrons. The molecule has 2 rings (SSSR count). The van der Waals surface area contributed by atoms with Crippen molar-refractivity contribution in [3.63, 3.8) is 0 Å². The van der Waals surface area contributed by atoms with E-state index in [0.717, 1.165) is 0 Å². The molecule has 0 fully saturated rings. The third kappa shape index (κ3) is 1.87. The van der Waals surface area contributed by atoms with Crippen LogP contribution in [0.3, 0.4) is 0 Å². The predicted octanol–water partition coefficient (Wildman–Crippen LogP) is 1.07. The third-order valence-electron chi connectivity index (χ3n) is 2.04. The van der Waals surface area contributed by atoms with Gasteiger partial charge in [-0.3, -0.25) is 9.36 Å². The van der Waals surface area contributed by atoms with Gasteiger partial charge in [-0.2, -0.15) is 12.6 Å². The van der Waals surface area contributed by atoms with Crippen molar-refractivity contribution in [1.82, 2.24) is 9.55 Å². The zero-order chi connectivity index (χ0) is 11.0. The van der Waals surface area contributed by atoms with Gasteiger partial charge in [0.2, 0.25) is 0 Å². The van der Waals surface area contributed by atoms with E-state index in [-0.39, 0.29) is 16.5 Å². The lowest BCUT2D eigenvalue weighted by atomic mass is 10.4. The summed E-state index contributed by atoms with van der Waals surface area (Å²) in [5.74, 6) is 0. The van der Waals surface area contributed by atoms with Crippen LogP contribution >= 0.6 is 24.0 Å². The van der Waals surface area contributed by atoms with E-state index in [4.69, 9.17) is 0 Å². The molecule has 1 N–H and O–H groups in total. The second-order valence-electron chi connectivity index (χ2n) is 3.36. The number of H-pyrrole nitrogens is 1. The first-order valence-corrected chi connectivity index (χ1v) is 5.87. The first-order chi connectivity index (χ1) is 7.09. The highest BCUT2D eigenvalue weighted by atomic mass is 32.1. The summed E-state index contributed by atoms with van der Waals surface area (Å²) in [7, 11) is 0. The molecular weight excluding hydrogens is 232 g/mol. The van der Waals surface area contributed by atoms with Crippen molar-refractivity contribution >= 4 is 34.2 Å². The SMILES string of the molecule is CC(S)Cn1c(=O)[nH]c2ccsc2c1=O. The van der Waals surface area contributed by atoms with Crippen molar-refractivity contribution in [1.29, 1.82) is 0 Å². The minimum absolute atomic E-state index is 0.0267. The summed E-state index contributed by atoms with van der Waals surface area (Å²) < 4.78 is 1.78. The highest BCUT2D eigenvalue weighted by Gasteiger charge is 2.09. The van der Waals surface area contributed by atoms with Gasteiger partial charge in [0.05, 0.1) is 5.52 Å². The standard InChI is InChI=1S/C9H10N2O2S2/c1-5(14)4-11-8(12)7-6(2-3-15-7)10-9(11)13/h2-3,5,14H,4H2,1H3,(H,10,13). The Labute approximate surface area is 95.0 Å². The second kappa shape index (κ2) is 3.86. The van der Waals surface area contributed by atoms with Crippen molar-refractivity contribution < 1.29 is 0 Å². The van der Waals surface area contributed by atoms with Gasteiger partial charge >= 0.3 is 5.69 Å². The minimum atomic E-state index is -0.369. The Kier molecular flexibility index (Phi) is 2.70. The van der Waals surface area contributed by atoms with Gasteiger partial charge in [-0.1, -0.05) is 6.92 Å². The Morgan fingerprint density at radius 1 is 1.60 bits per heavy atom. The van der Waals surface area contributed by atoms with E-state index in [2.05, 4.69) is 17.6 Å². The maximum Gasteiger partial charge on any atom is 0.328 e. The van der Waals surface area contributed by atoms with Crippen LogP contribution < -0.4 is 11.2 Å². The molecule has 2 aromatic heterocycles. The van der Waals surface area contributed by atoms with Crippen molar-refractivity contribution in [2.24, 2.45) is 0 Å². The molecule has 0 saturated carbocycles. The van der Waals surface area contributed by atoms with Crippen LogP contribution in [-0.2, 0) is 6.54 Å². The summed E-state index contributed by atoms with van der Waals surface area (Å²) in [5.41, 5.74) is 0.00881. The van der Waals surface area contributed by atoms with Gasteiger partial charge in [0.1, 0.15) is 4.70 Å². The van der Waals surface area contributed by atoms with Crippen LogP contribution in [-0.4, -0.2) is 14.8 Å². The topological polar surface area (TPSA) is 54.9 Å². The van der Waals surface area contributed by atoms with E-state index in [1.165, 1.54) is 15.9 Å². The molecule has 6 heteroatoms. The third-order valence-corrected chi connectivity index (χ3v) is 3.10. The fraction of sp³-hybridized carbons (Fsp3) is 0.333. The summed E-state index contributed by atoms with van der Waals surface area (Å²) in [6.07, 6.45) is 0. The van der Waals surface area contributed by atoms with E-state index in [1.807, 2.05) is 6.92 Å². The Hall–Kier alpha value is -1.01. The Balaban J connectivity index is 2.73. The largest absolute Gasteiger partial charge is 0.328 e. The summed E-state index contributed by atoms with van der Waals surface area (Å²) in [6, 6.07) is 1.73. The number of thiol groups is 1. The highest BCUT2D eigenvalue weighted by Crippen LogP contribution is 2.12. The molecule has 2 aromatic rings. The quantitative estimate of drug-likeness (QED) is 0.774. The van der Waals surface area contributed by atoms with E-state index >= 15 is 0 Å². The van der Waals surface area contributed by atoms with Crippen molar-refractivity contribution in [2.45, 2.75) is 18.7 Å².